The molecule has 1 heterocycles. The molecule has 2 N–H and O–H groups in total. The number of aromatic nitrogens is 1. The normalized spacial score (nSPS) is 10.1. The number of halogens is 1. The molecule has 1 aromatic carbocycles. The first-order valence-corrected chi connectivity index (χ1v) is 6.12. The molecule has 6 heteroatoms. The third kappa shape index (κ3) is 2.95. The third-order valence-electron chi connectivity index (χ3n) is 2.80. The fourth-order valence-electron chi connectivity index (χ4n) is 1.74. The van der Waals surface area contributed by atoms with Gasteiger partial charge in [-0.15, -0.1) is 0 Å². The quantitative estimate of drug-likeness (QED) is 0.852. The molecule has 1 aromatic heterocycles. The summed E-state index contributed by atoms with van der Waals surface area (Å²) in [6.07, 6.45) is 1.43. The van der Waals surface area contributed by atoms with E-state index in [0.717, 1.165) is 0 Å². The van der Waals surface area contributed by atoms with Gasteiger partial charge in [0, 0.05) is 17.4 Å². The van der Waals surface area contributed by atoms with Crippen molar-refractivity contribution in [3.05, 3.63) is 58.4 Å². The van der Waals surface area contributed by atoms with Crippen LogP contribution in [0.25, 0.3) is 0 Å². The fourth-order valence-corrected chi connectivity index (χ4v) is 1.91. The lowest BCUT2D eigenvalue weighted by atomic mass is 10.1. The van der Waals surface area contributed by atoms with E-state index in [1.807, 2.05) is 0 Å². The van der Waals surface area contributed by atoms with Crippen molar-refractivity contribution >= 4 is 29.2 Å². The second kappa shape index (κ2) is 5.71. The van der Waals surface area contributed by atoms with Gasteiger partial charge in [-0.25, -0.2) is 9.78 Å². The molecule has 0 fully saturated rings. The maximum atomic E-state index is 12.1. The predicted octanol–water partition coefficient (Wildman–Crippen LogP) is 2.99. The Labute approximate surface area is 120 Å². The standard InChI is InChI=1S/C14H11ClN2O3/c1-8-10(14(19)20)3-2-4-11(8)17-13(18)9-5-6-16-12(15)7-9/h2-7H,1H3,(H,17,18)(H,19,20). The zero-order chi connectivity index (χ0) is 14.7. The molecule has 0 atom stereocenters. The Balaban J connectivity index is 2.29. The predicted molar refractivity (Wildman–Crippen MR) is 75.3 cm³/mol. The van der Waals surface area contributed by atoms with E-state index in [4.69, 9.17) is 16.7 Å². The van der Waals surface area contributed by atoms with Crippen LogP contribution in [0.4, 0.5) is 5.69 Å². The van der Waals surface area contributed by atoms with Crippen molar-refractivity contribution in [3.8, 4) is 0 Å². The molecule has 0 unspecified atom stereocenters. The SMILES string of the molecule is Cc1c(NC(=O)c2ccnc(Cl)c2)cccc1C(=O)O. The minimum absolute atomic E-state index is 0.149. The van der Waals surface area contributed by atoms with Gasteiger partial charge in [0.05, 0.1) is 5.56 Å². The Hall–Kier alpha value is -2.40. The molecule has 5 nitrogen and oxygen atoms in total. The monoisotopic (exact) mass is 290 g/mol. The van der Waals surface area contributed by atoms with Crippen LogP contribution in [0.3, 0.4) is 0 Å². The van der Waals surface area contributed by atoms with Gasteiger partial charge in [-0.2, -0.15) is 0 Å². The van der Waals surface area contributed by atoms with Crippen LogP contribution in [-0.4, -0.2) is 22.0 Å². The third-order valence-corrected chi connectivity index (χ3v) is 3.01. The van der Waals surface area contributed by atoms with Crippen molar-refractivity contribution in [2.45, 2.75) is 6.92 Å². The minimum Gasteiger partial charge on any atom is -0.478 e. The number of pyridine rings is 1. The van der Waals surface area contributed by atoms with Crippen molar-refractivity contribution < 1.29 is 14.7 Å². The maximum absolute atomic E-state index is 12.1. The summed E-state index contributed by atoms with van der Waals surface area (Å²) < 4.78 is 0. The van der Waals surface area contributed by atoms with Gasteiger partial charge in [0.2, 0.25) is 0 Å². The highest BCUT2D eigenvalue weighted by Gasteiger charge is 2.13. The summed E-state index contributed by atoms with van der Waals surface area (Å²) in [6.45, 7) is 1.64. The number of nitrogens with one attached hydrogen (secondary N) is 1. The molecule has 0 bridgehead atoms. The second-order valence-electron chi connectivity index (χ2n) is 4.10. The van der Waals surface area contributed by atoms with Crippen LogP contribution in [0.15, 0.2) is 36.5 Å². The molecule has 102 valence electrons. The lowest BCUT2D eigenvalue weighted by molar-refractivity contribution is 0.0695. The molecule has 1 amide bonds. The number of amides is 1. The summed E-state index contributed by atoms with van der Waals surface area (Å²) in [6, 6.07) is 7.66. The molecule has 20 heavy (non-hydrogen) atoms. The van der Waals surface area contributed by atoms with E-state index in [2.05, 4.69) is 10.3 Å². The highest BCUT2D eigenvalue weighted by molar-refractivity contribution is 6.29. The Kier molecular flexibility index (Phi) is 4.00. The summed E-state index contributed by atoms with van der Waals surface area (Å²) in [5.41, 5.74) is 1.44. The second-order valence-corrected chi connectivity index (χ2v) is 4.49. The number of benzene rings is 1. The first-order valence-electron chi connectivity index (χ1n) is 5.75. The Morgan fingerprint density at radius 2 is 2.05 bits per heavy atom. The van der Waals surface area contributed by atoms with Crippen LogP contribution in [-0.2, 0) is 0 Å². The van der Waals surface area contributed by atoms with Gasteiger partial charge in [-0.1, -0.05) is 17.7 Å². The van der Waals surface area contributed by atoms with Crippen LogP contribution in [0.5, 0.6) is 0 Å². The summed E-state index contributed by atoms with van der Waals surface area (Å²) >= 11 is 5.72. The Bertz CT molecular complexity index is 686. The topological polar surface area (TPSA) is 79.3 Å². The zero-order valence-corrected chi connectivity index (χ0v) is 11.3. The number of rotatable bonds is 3. The highest BCUT2D eigenvalue weighted by atomic mass is 35.5. The van der Waals surface area contributed by atoms with E-state index >= 15 is 0 Å². The van der Waals surface area contributed by atoms with E-state index in [1.54, 1.807) is 19.1 Å². The average molecular weight is 291 g/mol. The molecule has 2 aromatic rings. The lowest BCUT2D eigenvalue weighted by Gasteiger charge is -2.10. The van der Waals surface area contributed by atoms with Crippen molar-refractivity contribution in [1.29, 1.82) is 0 Å². The molecule has 0 aliphatic rings. The number of hydrogen-bond donors (Lipinski definition) is 2. The fraction of sp³-hybridized carbons (Fsp3) is 0.0714. The number of carbonyl (C=O) groups is 2. The van der Waals surface area contributed by atoms with Gasteiger partial charge >= 0.3 is 5.97 Å². The number of nitrogens with zero attached hydrogens (tertiary/aromatic N) is 1. The van der Waals surface area contributed by atoms with Crippen LogP contribution < -0.4 is 5.32 Å². The smallest absolute Gasteiger partial charge is 0.336 e. The van der Waals surface area contributed by atoms with Crippen LogP contribution in [0, 0.1) is 6.92 Å². The zero-order valence-electron chi connectivity index (χ0n) is 10.6. The van der Waals surface area contributed by atoms with Crippen LogP contribution >= 0.6 is 11.6 Å². The maximum Gasteiger partial charge on any atom is 0.336 e. The molecule has 2 rings (SSSR count). The van der Waals surface area contributed by atoms with E-state index in [0.29, 0.717) is 16.8 Å². The molecule has 0 saturated carbocycles. The largest absolute Gasteiger partial charge is 0.478 e. The van der Waals surface area contributed by atoms with E-state index in [-0.39, 0.29) is 16.6 Å². The molecule has 0 radical (unpaired) electrons. The van der Waals surface area contributed by atoms with Gasteiger partial charge < -0.3 is 10.4 Å². The van der Waals surface area contributed by atoms with Gasteiger partial charge in [0.25, 0.3) is 5.91 Å². The minimum atomic E-state index is -1.04. The number of carboxylic acids is 1. The number of carboxylic acid groups (broad SMARTS) is 1. The van der Waals surface area contributed by atoms with Crippen molar-refractivity contribution in [1.82, 2.24) is 4.98 Å². The molecule has 0 aliphatic carbocycles. The first-order chi connectivity index (χ1) is 9.49. The van der Waals surface area contributed by atoms with Gasteiger partial charge in [0.15, 0.2) is 0 Å². The molecular formula is C14H11ClN2O3. The molecule has 0 spiro atoms. The van der Waals surface area contributed by atoms with Gasteiger partial charge in [-0.3, -0.25) is 4.79 Å². The van der Waals surface area contributed by atoms with Crippen LogP contribution in [0.2, 0.25) is 5.15 Å². The van der Waals surface area contributed by atoms with E-state index < -0.39 is 5.97 Å². The summed E-state index contributed by atoms with van der Waals surface area (Å²) in [5, 5.41) is 11.9. The number of anilines is 1. The van der Waals surface area contributed by atoms with Crippen LogP contribution in [0.1, 0.15) is 26.3 Å². The summed E-state index contributed by atoms with van der Waals surface area (Å²) in [5.74, 6) is -1.41. The number of aromatic carboxylic acids is 1. The average Bonchev–Trinajstić information content (AvgIpc) is 2.40. The highest BCUT2D eigenvalue weighted by Crippen LogP contribution is 2.20. The molecular weight excluding hydrogens is 280 g/mol. The summed E-state index contributed by atoms with van der Waals surface area (Å²) in [7, 11) is 0. The van der Waals surface area contributed by atoms with Crippen molar-refractivity contribution in [2.75, 3.05) is 5.32 Å². The Morgan fingerprint density at radius 3 is 2.70 bits per heavy atom. The lowest BCUT2D eigenvalue weighted by Crippen LogP contribution is -2.14. The number of carbonyl (C=O) groups excluding carboxylic acids is 1. The van der Waals surface area contributed by atoms with E-state index in [9.17, 15) is 9.59 Å². The van der Waals surface area contributed by atoms with Crippen molar-refractivity contribution in [2.24, 2.45) is 0 Å². The molecule has 0 aliphatic heterocycles. The first kappa shape index (κ1) is 14.0. The molecule has 0 saturated heterocycles. The van der Waals surface area contributed by atoms with E-state index in [1.165, 1.54) is 24.4 Å². The summed E-state index contributed by atoms with van der Waals surface area (Å²) in [4.78, 5) is 26.9. The van der Waals surface area contributed by atoms with Gasteiger partial charge in [-0.05, 0) is 36.8 Å². The van der Waals surface area contributed by atoms with Gasteiger partial charge in [0.1, 0.15) is 5.15 Å². The Morgan fingerprint density at radius 1 is 1.30 bits per heavy atom. The van der Waals surface area contributed by atoms with Crippen molar-refractivity contribution in [3.63, 3.8) is 0 Å². The number of hydrogen-bond acceptors (Lipinski definition) is 3.